The van der Waals surface area contributed by atoms with Gasteiger partial charge in [-0.25, -0.2) is 5.84 Å². The molecule has 0 amide bonds. The summed E-state index contributed by atoms with van der Waals surface area (Å²) in [5.41, 5.74) is 9.03. The molecule has 0 spiro atoms. The summed E-state index contributed by atoms with van der Waals surface area (Å²) in [6.07, 6.45) is 9.02. The lowest BCUT2D eigenvalue weighted by Gasteiger charge is -2.15. The van der Waals surface area contributed by atoms with Gasteiger partial charge in [-0.15, -0.1) is 0 Å². The average molecular weight is 261 g/mol. The van der Waals surface area contributed by atoms with E-state index in [4.69, 9.17) is 11.6 Å². The Labute approximate surface area is 117 Å². The summed E-state index contributed by atoms with van der Waals surface area (Å²) in [5.74, 6) is 5.97. The van der Waals surface area contributed by atoms with Crippen LogP contribution in [0, 0.1) is 6.92 Å². The number of hydrogen-bond acceptors (Lipinski definition) is 3. The standard InChI is InChI=1S/C16H27N3/c1-3-4-5-6-7-8-15(17)13-19(18)16-11-9-14(2)10-12-16/h9-13H,3-8,17-18H2,1-2H3/b15-13-. The van der Waals surface area contributed by atoms with Crippen molar-refractivity contribution in [3.63, 3.8) is 0 Å². The predicted octanol–water partition coefficient (Wildman–Crippen LogP) is 3.84. The number of anilines is 1. The fourth-order valence-electron chi connectivity index (χ4n) is 1.97. The first-order valence-corrected chi connectivity index (χ1v) is 7.20. The SMILES string of the molecule is CCCCCCC/C(N)=C/N(N)c1ccc(C)cc1. The van der Waals surface area contributed by atoms with Crippen LogP contribution in [0.15, 0.2) is 36.2 Å². The molecule has 0 bridgehead atoms. The van der Waals surface area contributed by atoms with Crippen molar-refractivity contribution in [1.29, 1.82) is 0 Å². The fraction of sp³-hybridized carbons (Fsp3) is 0.500. The van der Waals surface area contributed by atoms with E-state index in [9.17, 15) is 0 Å². The van der Waals surface area contributed by atoms with Gasteiger partial charge in [0.25, 0.3) is 0 Å². The van der Waals surface area contributed by atoms with E-state index in [1.807, 2.05) is 30.5 Å². The number of aryl methyl sites for hydroxylation is 1. The predicted molar refractivity (Wildman–Crippen MR) is 83.5 cm³/mol. The van der Waals surface area contributed by atoms with Crippen molar-refractivity contribution in [2.75, 3.05) is 5.01 Å². The van der Waals surface area contributed by atoms with Crippen molar-refractivity contribution in [1.82, 2.24) is 0 Å². The quantitative estimate of drug-likeness (QED) is 0.425. The van der Waals surface area contributed by atoms with Gasteiger partial charge in [0.1, 0.15) is 0 Å². The van der Waals surface area contributed by atoms with Crippen LogP contribution in [-0.2, 0) is 0 Å². The minimum atomic E-state index is 0.847. The normalized spacial score (nSPS) is 11.6. The van der Waals surface area contributed by atoms with Gasteiger partial charge in [0.2, 0.25) is 0 Å². The van der Waals surface area contributed by atoms with Crippen molar-refractivity contribution in [3.8, 4) is 0 Å². The van der Waals surface area contributed by atoms with Crippen molar-refractivity contribution in [3.05, 3.63) is 41.7 Å². The molecule has 0 aliphatic heterocycles. The van der Waals surface area contributed by atoms with E-state index in [1.54, 1.807) is 5.01 Å². The van der Waals surface area contributed by atoms with Gasteiger partial charge in [-0.2, -0.15) is 0 Å². The van der Waals surface area contributed by atoms with E-state index < -0.39 is 0 Å². The van der Waals surface area contributed by atoms with Crippen LogP contribution in [0.25, 0.3) is 0 Å². The second-order valence-electron chi connectivity index (χ2n) is 5.11. The Hall–Kier alpha value is -1.48. The molecule has 1 aromatic rings. The third-order valence-electron chi connectivity index (χ3n) is 3.21. The summed E-state index contributed by atoms with van der Waals surface area (Å²) in [7, 11) is 0. The average Bonchev–Trinajstić information content (AvgIpc) is 2.39. The monoisotopic (exact) mass is 261 g/mol. The molecule has 106 valence electrons. The highest BCUT2D eigenvalue weighted by Gasteiger charge is 1.99. The third kappa shape index (κ3) is 6.30. The number of hydrogen-bond donors (Lipinski definition) is 2. The molecule has 0 radical (unpaired) electrons. The highest BCUT2D eigenvalue weighted by molar-refractivity contribution is 5.48. The molecule has 0 atom stereocenters. The maximum Gasteiger partial charge on any atom is 0.0569 e. The molecule has 0 aliphatic carbocycles. The van der Waals surface area contributed by atoms with Gasteiger partial charge in [0.15, 0.2) is 0 Å². The second-order valence-corrected chi connectivity index (χ2v) is 5.11. The summed E-state index contributed by atoms with van der Waals surface area (Å²) in [6.45, 7) is 4.28. The Bertz CT molecular complexity index is 381. The van der Waals surface area contributed by atoms with E-state index in [0.29, 0.717) is 0 Å². The Kier molecular flexibility index (Phi) is 7.04. The highest BCUT2D eigenvalue weighted by Crippen LogP contribution is 2.14. The first-order chi connectivity index (χ1) is 9.13. The van der Waals surface area contributed by atoms with Gasteiger partial charge in [-0.05, 0) is 31.9 Å². The molecule has 1 rings (SSSR count). The van der Waals surface area contributed by atoms with Gasteiger partial charge in [-0.1, -0.05) is 50.3 Å². The van der Waals surface area contributed by atoms with Gasteiger partial charge in [0.05, 0.1) is 5.69 Å². The smallest absolute Gasteiger partial charge is 0.0569 e. The van der Waals surface area contributed by atoms with Gasteiger partial charge >= 0.3 is 0 Å². The van der Waals surface area contributed by atoms with E-state index in [2.05, 4.69) is 13.8 Å². The van der Waals surface area contributed by atoms with Crippen LogP contribution < -0.4 is 16.6 Å². The molecule has 0 aliphatic rings. The topological polar surface area (TPSA) is 55.3 Å². The van der Waals surface area contributed by atoms with Crippen molar-refractivity contribution < 1.29 is 0 Å². The maximum absolute atomic E-state index is 6.00. The lowest BCUT2D eigenvalue weighted by Crippen LogP contribution is -2.25. The van der Waals surface area contributed by atoms with Crippen LogP contribution in [0.5, 0.6) is 0 Å². The van der Waals surface area contributed by atoms with E-state index >= 15 is 0 Å². The number of nitrogens with zero attached hydrogens (tertiary/aromatic N) is 1. The van der Waals surface area contributed by atoms with Gasteiger partial charge in [-0.3, -0.25) is 5.01 Å². The Balaban J connectivity index is 2.38. The number of allylic oxidation sites excluding steroid dienone is 1. The molecule has 0 aromatic heterocycles. The van der Waals surface area contributed by atoms with Gasteiger partial charge < -0.3 is 5.73 Å². The highest BCUT2D eigenvalue weighted by atomic mass is 15.4. The number of rotatable bonds is 8. The van der Waals surface area contributed by atoms with Crippen LogP contribution in [0.1, 0.15) is 51.0 Å². The van der Waals surface area contributed by atoms with Crippen molar-refractivity contribution >= 4 is 5.69 Å². The number of benzene rings is 1. The van der Waals surface area contributed by atoms with E-state index in [0.717, 1.165) is 24.2 Å². The molecule has 0 fully saturated rings. The largest absolute Gasteiger partial charge is 0.401 e. The zero-order valence-electron chi connectivity index (χ0n) is 12.2. The van der Waals surface area contributed by atoms with E-state index in [1.165, 1.54) is 31.2 Å². The molecule has 0 unspecified atom stereocenters. The lowest BCUT2D eigenvalue weighted by molar-refractivity contribution is 0.628. The molecule has 19 heavy (non-hydrogen) atoms. The van der Waals surface area contributed by atoms with Crippen molar-refractivity contribution in [2.24, 2.45) is 11.6 Å². The molecular weight excluding hydrogens is 234 g/mol. The molecule has 0 heterocycles. The molecule has 0 saturated heterocycles. The summed E-state index contributed by atoms with van der Waals surface area (Å²) in [4.78, 5) is 0. The first kappa shape index (κ1) is 15.6. The second kappa shape index (κ2) is 8.59. The summed E-state index contributed by atoms with van der Waals surface area (Å²) < 4.78 is 0. The molecule has 0 saturated carbocycles. The first-order valence-electron chi connectivity index (χ1n) is 7.20. The number of hydrazine groups is 1. The Morgan fingerprint density at radius 1 is 1.11 bits per heavy atom. The van der Waals surface area contributed by atoms with Crippen LogP contribution in [0.3, 0.4) is 0 Å². The minimum Gasteiger partial charge on any atom is -0.401 e. The van der Waals surface area contributed by atoms with Crippen LogP contribution in [0.4, 0.5) is 5.69 Å². The molecule has 3 heteroatoms. The number of nitrogens with two attached hydrogens (primary N) is 2. The minimum absolute atomic E-state index is 0.847. The molecule has 3 nitrogen and oxygen atoms in total. The molecular formula is C16H27N3. The van der Waals surface area contributed by atoms with Crippen LogP contribution in [-0.4, -0.2) is 0 Å². The van der Waals surface area contributed by atoms with Gasteiger partial charge in [0, 0.05) is 11.9 Å². The summed E-state index contributed by atoms with van der Waals surface area (Å²) in [6, 6.07) is 8.09. The van der Waals surface area contributed by atoms with Crippen LogP contribution in [0.2, 0.25) is 0 Å². The molecule has 4 N–H and O–H groups in total. The van der Waals surface area contributed by atoms with Crippen LogP contribution >= 0.6 is 0 Å². The Morgan fingerprint density at radius 2 is 1.74 bits per heavy atom. The number of unbranched alkanes of at least 4 members (excludes halogenated alkanes) is 4. The maximum atomic E-state index is 6.00. The third-order valence-corrected chi connectivity index (χ3v) is 3.21. The zero-order valence-corrected chi connectivity index (χ0v) is 12.2. The summed E-state index contributed by atoms with van der Waals surface area (Å²) in [5, 5.41) is 1.60. The van der Waals surface area contributed by atoms with E-state index in [-0.39, 0.29) is 0 Å². The molecule has 1 aromatic carbocycles. The summed E-state index contributed by atoms with van der Waals surface area (Å²) >= 11 is 0. The fourth-order valence-corrected chi connectivity index (χ4v) is 1.97. The van der Waals surface area contributed by atoms with Crippen molar-refractivity contribution in [2.45, 2.75) is 52.4 Å². The Morgan fingerprint density at radius 3 is 2.37 bits per heavy atom. The lowest BCUT2D eigenvalue weighted by atomic mass is 10.1. The zero-order chi connectivity index (χ0) is 14.1.